The van der Waals surface area contributed by atoms with Crippen LogP contribution in [0.4, 0.5) is 19.1 Å². The molecule has 0 unspecified atom stereocenters. The van der Waals surface area contributed by atoms with Gasteiger partial charge in [0.15, 0.2) is 17.0 Å². The van der Waals surface area contributed by atoms with Gasteiger partial charge in [0.2, 0.25) is 5.95 Å². The van der Waals surface area contributed by atoms with Crippen molar-refractivity contribution < 1.29 is 13.2 Å². The Bertz CT molecular complexity index is 1020. The molecule has 3 aromatic rings. The van der Waals surface area contributed by atoms with E-state index in [1.165, 1.54) is 18.3 Å². The highest BCUT2D eigenvalue weighted by Gasteiger charge is 2.48. The van der Waals surface area contributed by atoms with Crippen molar-refractivity contribution >= 4 is 29.0 Å². The number of fused-ring (bicyclic) bond motifs is 1. The molecule has 5 rings (SSSR count). The summed E-state index contributed by atoms with van der Waals surface area (Å²) in [6, 6.07) is 3.19. The summed E-state index contributed by atoms with van der Waals surface area (Å²) >= 11 is 0.874. The predicted molar refractivity (Wildman–Crippen MR) is 97.0 cm³/mol. The average Bonchev–Trinajstić information content (AvgIpc) is 2.97. The molecule has 28 heavy (non-hydrogen) atoms. The quantitative estimate of drug-likeness (QED) is 0.612. The van der Waals surface area contributed by atoms with E-state index in [9.17, 15) is 13.2 Å². The van der Waals surface area contributed by atoms with Crippen LogP contribution in [-0.4, -0.2) is 44.1 Å². The Balaban J connectivity index is 1.33. The van der Waals surface area contributed by atoms with Crippen molar-refractivity contribution in [3.63, 3.8) is 0 Å². The van der Waals surface area contributed by atoms with Crippen LogP contribution in [0.15, 0.2) is 34.4 Å². The van der Waals surface area contributed by atoms with Gasteiger partial charge in [0.25, 0.3) is 0 Å². The predicted octanol–water partition coefficient (Wildman–Crippen LogP) is 3.08. The zero-order chi connectivity index (χ0) is 19.4. The summed E-state index contributed by atoms with van der Waals surface area (Å²) in [6.07, 6.45) is 0.213. The smallest absolute Gasteiger partial charge is 0.353 e. The van der Waals surface area contributed by atoms with Crippen molar-refractivity contribution in [3.8, 4) is 0 Å². The second-order valence-corrected chi connectivity index (χ2v) is 8.33. The highest BCUT2D eigenvalue weighted by molar-refractivity contribution is 7.99. The SMILES string of the molecule is FC(F)(F)c1ncccc1Sc1cnc2nc(NC3CC4(CNC4)C3)[nH]c2n1. The molecule has 2 aliphatic rings. The number of rotatable bonds is 4. The largest absolute Gasteiger partial charge is 0.434 e. The molecule has 0 atom stereocenters. The molecule has 7 nitrogen and oxygen atoms in total. The number of halogens is 3. The van der Waals surface area contributed by atoms with Crippen LogP contribution in [-0.2, 0) is 6.18 Å². The van der Waals surface area contributed by atoms with E-state index >= 15 is 0 Å². The molecule has 0 aromatic carbocycles. The molecule has 4 heterocycles. The van der Waals surface area contributed by atoms with Gasteiger partial charge in [-0.15, -0.1) is 0 Å². The van der Waals surface area contributed by atoms with Crippen molar-refractivity contribution in [1.82, 2.24) is 30.2 Å². The van der Waals surface area contributed by atoms with Crippen LogP contribution >= 0.6 is 11.8 Å². The molecular weight excluding hydrogens is 391 g/mol. The van der Waals surface area contributed by atoms with Crippen LogP contribution in [0.25, 0.3) is 11.3 Å². The summed E-state index contributed by atoms with van der Waals surface area (Å²) in [6.45, 7) is 2.15. The van der Waals surface area contributed by atoms with E-state index in [1.54, 1.807) is 0 Å². The summed E-state index contributed by atoms with van der Waals surface area (Å²) in [7, 11) is 0. The van der Waals surface area contributed by atoms with Crippen LogP contribution in [0.1, 0.15) is 18.5 Å². The third kappa shape index (κ3) is 3.18. The third-order valence-electron chi connectivity index (χ3n) is 5.14. The van der Waals surface area contributed by atoms with E-state index in [0.717, 1.165) is 43.9 Å². The van der Waals surface area contributed by atoms with Gasteiger partial charge in [-0.25, -0.2) is 9.97 Å². The van der Waals surface area contributed by atoms with E-state index in [0.29, 0.717) is 33.7 Å². The summed E-state index contributed by atoms with van der Waals surface area (Å²) in [4.78, 5) is 19.5. The number of aromatic amines is 1. The monoisotopic (exact) mass is 407 g/mol. The minimum absolute atomic E-state index is 0.0182. The van der Waals surface area contributed by atoms with Crippen LogP contribution in [0, 0.1) is 5.41 Å². The lowest BCUT2D eigenvalue weighted by molar-refractivity contribution is -0.143. The van der Waals surface area contributed by atoms with Crippen LogP contribution in [0.2, 0.25) is 0 Å². The standard InChI is InChI=1S/C17H16F3N7S/c18-17(19,20)12-10(2-1-3-22-12)28-11-6-23-13-14(25-11)27-15(26-13)24-9-4-16(5-9)7-21-8-16/h1-3,6,9,21H,4-5,7-8H2,(H2,23,24,25,26,27). The molecule has 11 heteroatoms. The van der Waals surface area contributed by atoms with Gasteiger partial charge in [0, 0.05) is 30.2 Å². The molecule has 1 saturated carbocycles. The van der Waals surface area contributed by atoms with E-state index in [2.05, 4.69) is 35.6 Å². The summed E-state index contributed by atoms with van der Waals surface area (Å²) in [5.74, 6) is 0.585. The minimum Gasteiger partial charge on any atom is -0.353 e. The van der Waals surface area contributed by atoms with Gasteiger partial charge in [-0.1, -0.05) is 11.8 Å². The first-order valence-corrected chi connectivity index (χ1v) is 9.62. The van der Waals surface area contributed by atoms with Gasteiger partial charge in [-0.3, -0.25) is 4.98 Å². The Kier molecular flexibility index (Phi) is 3.98. The van der Waals surface area contributed by atoms with E-state index < -0.39 is 11.9 Å². The molecule has 146 valence electrons. The first-order valence-electron chi connectivity index (χ1n) is 8.80. The molecular formula is C17H16F3N7S. The first kappa shape index (κ1) is 17.7. The molecule has 0 bridgehead atoms. The highest BCUT2D eigenvalue weighted by atomic mass is 32.2. The number of alkyl halides is 3. The van der Waals surface area contributed by atoms with Gasteiger partial charge in [-0.2, -0.15) is 18.2 Å². The summed E-state index contributed by atoms with van der Waals surface area (Å²) in [5.41, 5.74) is 0.375. The van der Waals surface area contributed by atoms with Crippen molar-refractivity contribution in [1.29, 1.82) is 0 Å². The highest BCUT2D eigenvalue weighted by Crippen LogP contribution is 2.45. The van der Waals surface area contributed by atoms with Gasteiger partial charge in [-0.05, 0) is 30.4 Å². The van der Waals surface area contributed by atoms with E-state index in [1.807, 2.05) is 0 Å². The number of H-pyrrole nitrogens is 1. The van der Waals surface area contributed by atoms with E-state index in [-0.39, 0.29) is 4.90 Å². The molecule has 1 aliphatic carbocycles. The fourth-order valence-corrected chi connectivity index (χ4v) is 4.62. The van der Waals surface area contributed by atoms with Crippen molar-refractivity contribution in [2.75, 3.05) is 18.4 Å². The number of nitrogens with one attached hydrogen (secondary N) is 3. The molecule has 1 aliphatic heterocycles. The average molecular weight is 407 g/mol. The molecule has 3 N–H and O–H groups in total. The number of nitrogens with zero attached hydrogens (tertiary/aromatic N) is 4. The number of hydrogen-bond acceptors (Lipinski definition) is 7. The topological polar surface area (TPSA) is 91.4 Å². The number of anilines is 1. The van der Waals surface area contributed by atoms with Gasteiger partial charge >= 0.3 is 6.18 Å². The Labute approximate surface area is 162 Å². The normalized spacial score (nSPS) is 18.8. The first-order chi connectivity index (χ1) is 13.4. The van der Waals surface area contributed by atoms with Crippen LogP contribution < -0.4 is 10.6 Å². The third-order valence-corrected chi connectivity index (χ3v) is 6.09. The summed E-state index contributed by atoms with van der Waals surface area (Å²) in [5, 5.41) is 6.99. The van der Waals surface area contributed by atoms with Crippen molar-refractivity contribution in [2.24, 2.45) is 5.41 Å². The fourth-order valence-electron chi connectivity index (χ4n) is 3.74. The zero-order valence-corrected chi connectivity index (χ0v) is 15.4. The fraction of sp³-hybridized carbons (Fsp3) is 0.412. The lowest BCUT2D eigenvalue weighted by atomic mass is 9.62. The second kappa shape index (κ2) is 6.31. The maximum absolute atomic E-state index is 13.1. The Morgan fingerprint density at radius 1 is 1.18 bits per heavy atom. The van der Waals surface area contributed by atoms with Crippen LogP contribution in [0.5, 0.6) is 0 Å². The molecule has 1 saturated heterocycles. The lowest BCUT2D eigenvalue weighted by Gasteiger charge is -2.54. The number of pyridine rings is 1. The van der Waals surface area contributed by atoms with Gasteiger partial charge in [0.1, 0.15) is 5.03 Å². The molecule has 1 spiro atoms. The minimum atomic E-state index is -4.53. The summed E-state index contributed by atoms with van der Waals surface area (Å²) < 4.78 is 39.3. The number of hydrogen-bond donors (Lipinski definition) is 3. The molecule has 3 aromatic heterocycles. The Morgan fingerprint density at radius 2 is 2.00 bits per heavy atom. The molecule has 2 fully saturated rings. The zero-order valence-electron chi connectivity index (χ0n) is 14.5. The van der Waals surface area contributed by atoms with E-state index in [4.69, 9.17) is 0 Å². The number of imidazole rings is 1. The van der Waals surface area contributed by atoms with Crippen molar-refractivity contribution in [2.45, 2.75) is 35.0 Å². The van der Waals surface area contributed by atoms with Gasteiger partial charge in [0.05, 0.1) is 6.20 Å². The Hall–Kier alpha value is -2.40. The Morgan fingerprint density at radius 3 is 2.71 bits per heavy atom. The molecule has 0 radical (unpaired) electrons. The van der Waals surface area contributed by atoms with Gasteiger partial charge < -0.3 is 15.6 Å². The number of aromatic nitrogens is 5. The maximum Gasteiger partial charge on any atom is 0.434 e. The second-order valence-electron chi connectivity index (χ2n) is 7.27. The lowest BCUT2D eigenvalue weighted by Crippen LogP contribution is -2.63. The van der Waals surface area contributed by atoms with Crippen molar-refractivity contribution in [3.05, 3.63) is 30.2 Å². The van der Waals surface area contributed by atoms with Crippen LogP contribution in [0.3, 0.4) is 0 Å². The maximum atomic E-state index is 13.1. The molecule has 0 amide bonds.